The SMILES string of the molecule is Nc1ccc(NC(=O)c2cc3cc([N+](=O)[O-])ccc3s2)cc1. The van der Waals surface area contributed by atoms with Crippen molar-refractivity contribution in [3.8, 4) is 0 Å². The standard InChI is InChI=1S/C15H11N3O3S/c16-10-1-3-11(4-2-10)17-15(19)14-8-9-7-12(18(20)21)5-6-13(9)22-14/h1-8H,16H2,(H,17,19). The van der Waals surface area contributed by atoms with Crippen LogP contribution in [-0.2, 0) is 0 Å². The van der Waals surface area contributed by atoms with Crippen molar-refractivity contribution in [2.45, 2.75) is 0 Å². The van der Waals surface area contributed by atoms with Gasteiger partial charge in [-0.15, -0.1) is 11.3 Å². The van der Waals surface area contributed by atoms with Gasteiger partial charge < -0.3 is 11.1 Å². The molecular formula is C15H11N3O3S. The fourth-order valence-corrected chi connectivity index (χ4v) is 2.95. The maximum absolute atomic E-state index is 12.2. The number of nitrogens with one attached hydrogen (secondary N) is 1. The smallest absolute Gasteiger partial charge is 0.270 e. The quantitative estimate of drug-likeness (QED) is 0.438. The molecule has 0 radical (unpaired) electrons. The molecule has 2 aromatic carbocycles. The second kappa shape index (κ2) is 5.45. The van der Waals surface area contributed by atoms with Crippen molar-refractivity contribution in [3.05, 3.63) is 63.5 Å². The molecule has 0 unspecified atom stereocenters. The number of non-ortho nitro benzene ring substituents is 1. The number of nitrogens with zero attached hydrogens (tertiary/aromatic N) is 1. The van der Waals surface area contributed by atoms with Gasteiger partial charge in [0.2, 0.25) is 0 Å². The minimum absolute atomic E-state index is 0.00999. The van der Waals surface area contributed by atoms with Gasteiger partial charge in [-0.3, -0.25) is 14.9 Å². The van der Waals surface area contributed by atoms with Crippen LogP contribution in [0.15, 0.2) is 48.5 Å². The van der Waals surface area contributed by atoms with Gasteiger partial charge in [0, 0.05) is 33.6 Å². The summed E-state index contributed by atoms with van der Waals surface area (Å²) in [6, 6.07) is 13.0. The number of rotatable bonds is 3. The Hall–Kier alpha value is -2.93. The van der Waals surface area contributed by atoms with Crippen LogP contribution in [0.2, 0.25) is 0 Å². The first-order valence-corrected chi connectivity index (χ1v) is 7.19. The minimum atomic E-state index is -0.453. The highest BCUT2D eigenvalue weighted by molar-refractivity contribution is 7.20. The monoisotopic (exact) mass is 313 g/mol. The summed E-state index contributed by atoms with van der Waals surface area (Å²) in [6.07, 6.45) is 0. The Kier molecular flexibility index (Phi) is 3.48. The molecule has 3 N–H and O–H groups in total. The molecule has 110 valence electrons. The van der Waals surface area contributed by atoms with E-state index in [0.29, 0.717) is 21.6 Å². The Labute approximate surface area is 129 Å². The molecule has 0 aliphatic rings. The van der Waals surface area contributed by atoms with Crippen molar-refractivity contribution in [1.82, 2.24) is 0 Å². The van der Waals surface area contributed by atoms with Gasteiger partial charge >= 0.3 is 0 Å². The molecule has 22 heavy (non-hydrogen) atoms. The molecule has 0 saturated heterocycles. The predicted octanol–water partition coefficient (Wildman–Crippen LogP) is 3.64. The highest BCUT2D eigenvalue weighted by Gasteiger charge is 2.13. The number of hydrogen-bond acceptors (Lipinski definition) is 5. The summed E-state index contributed by atoms with van der Waals surface area (Å²) in [4.78, 5) is 23.0. The molecule has 0 aliphatic carbocycles. The number of amides is 1. The van der Waals surface area contributed by atoms with E-state index < -0.39 is 4.92 Å². The summed E-state index contributed by atoms with van der Waals surface area (Å²) in [5.41, 5.74) is 6.86. The number of anilines is 2. The molecule has 0 bridgehead atoms. The van der Waals surface area contributed by atoms with E-state index in [1.165, 1.54) is 23.5 Å². The number of thiophene rings is 1. The van der Waals surface area contributed by atoms with Crippen molar-refractivity contribution in [1.29, 1.82) is 0 Å². The van der Waals surface area contributed by atoms with Crippen LogP contribution in [0.4, 0.5) is 17.1 Å². The van der Waals surface area contributed by atoms with Gasteiger partial charge in [0.05, 0.1) is 9.80 Å². The first-order chi connectivity index (χ1) is 10.5. The van der Waals surface area contributed by atoms with Crippen LogP contribution in [0.1, 0.15) is 9.67 Å². The average Bonchev–Trinajstić information content (AvgIpc) is 2.92. The Morgan fingerprint density at radius 3 is 2.55 bits per heavy atom. The first kappa shape index (κ1) is 14.0. The molecule has 0 atom stereocenters. The number of nitrogens with two attached hydrogens (primary N) is 1. The van der Waals surface area contributed by atoms with Crippen LogP contribution in [0.5, 0.6) is 0 Å². The molecule has 6 nitrogen and oxygen atoms in total. The largest absolute Gasteiger partial charge is 0.399 e. The topological polar surface area (TPSA) is 98.3 Å². The summed E-state index contributed by atoms with van der Waals surface area (Å²) in [7, 11) is 0. The number of carbonyl (C=O) groups is 1. The van der Waals surface area contributed by atoms with Crippen LogP contribution in [0.3, 0.4) is 0 Å². The van der Waals surface area contributed by atoms with E-state index in [2.05, 4.69) is 5.32 Å². The lowest BCUT2D eigenvalue weighted by Gasteiger charge is -2.03. The van der Waals surface area contributed by atoms with E-state index in [1.807, 2.05) is 0 Å². The normalized spacial score (nSPS) is 10.5. The van der Waals surface area contributed by atoms with Crippen LogP contribution < -0.4 is 11.1 Å². The number of nitro benzene ring substituents is 1. The number of hydrogen-bond donors (Lipinski definition) is 2. The number of nitro groups is 1. The zero-order valence-electron chi connectivity index (χ0n) is 11.3. The lowest BCUT2D eigenvalue weighted by molar-refractivity contribution is -0.384. The number of nitrogen functional groups attached to an aromatic ring is 1. The Balaban J connectivity index is 1.87. The number of fused-ring (bicyclic) bond motifs is 1. The molecule has 3 aromatic rings. The molecule has 1 heterocycles. The van der Waals surface area contributed by atoms with Crippen LogP contribution in [0.25, 0.3) is 10.1 Å². The summed E-state index contributed by atoms with van der Waals surface area (Å²) in [5, 5.41) is 14.2. The fraction of sp³-hybridized carbons (Fsp3) is 0. The molecule has 1 aromatic heterocycles. The Bertz CT molecular complexity index is 871. The first-order valence-electron chi connectivity index (χ1n) is 6.38. The third-order valence-electron chi connectivity index (χ3n) is 3.10. The molecule has 0 spiro atoms. The fourth-order valence-electron chi connectivity index (χ4n) is 2.02. The van der Waals surface area contributed by atoms with Gasteiger partial charge in [-0.05, 0) is 36.4 Å². The third-order valence-corrected chi connectivity index (χ3v) is 4.22. The van der Waals surface area contributed by atoms with E-state index in [1.54, 1.807) is 36.4 Å². The number of benzene rings is 2. The Morgan fingerprint density at radius 2 is 1.86 bits per heavy atom. The molecule has 7 heteroatoms. The van der Waals surface area contributed by atoms with E-state index in [9.17, 15) is 14.9 Å². The molecule has 3 rings (SSSR count). The van der Waals surface area contributed by atoms with Gasteiger partial charge in [0.15, 0.2) is 0 Å². The van der Waals surface area contributed by atoms with Gasteiger partial charge in [-0.1, -0.05) is 0 Å². The van der Waals surface area contributed by atoms with Crippen molar-refractivity contribution in [3.63, 3.8) is 0 Å². The average molecular weight is 313 g/mol. The molecule has 0 fully saturated rings. The Morgan fingerprint density at radius 1 is 1.14 bits per heavy atom. The lowest BCUT2D eigenvalue weighted by Crippen LogP contribution is -2.09. The van der Waals surface area contributed by atoms with Crippen molar-refractivity contribution in [2.24, 2.45) is 0 Å². The molecular weight excluding hydrogens is 302 g/mol. The zero-order valence-corrected chi connectivity index (χ0v) is 12.1. The van der Waals surface area contributed by atoms with E-state index in [-0.39, 0.29) is 11.6 Å². The second-order valence-corrected chi connectivity index (χ2v) is 5.75. The molecule has 0 saturated carbocycles. The minimum Gasteiger partial charge on any atom is -0.399 e. The zero-order chi connectivity index (χ0) is 15.7. The third kappa shape index (κ3) is 2.75. The molecule has 1 amide bonds. The highest BCUT2D eigenvalue weighted by atomic mass is 32.1. The van der Waals surface area contributed by atoms with E-state index in [4.69, 9.17) is 5.73 Å². The maximum Gasteiger partial charge on any atom is 0.270 e. The summed E-state index contributed by atoms with van der Waals surface area (Å²) < 4.78 is 0.827. The number of carbonyl (C=O) groups excluding carboxylic acids is 1. The lowest BCUT2D eigenvalue weighted by atomic mass is 10.2. The maximum atomic E-state index is 12.2. The van der Waals surface area contributed by atoms with Gasteiger partial charge in [-0.2, -0.15) is 0 Å². The molecule has 0 aliphatic heterocycles. The van der Waals surface area contributed by atoms with Crippen molar-refractivity contribution in [2.75, 3.05) is 11.1 Å². The van der Waals surface area contributed by atoms with Crippen LogP contribution in [0, 0.1) is 10.1 Å². The second-order valence-electron chi connectivity index (χ2n) is 4.67. The predicted molar refractivity (Wildman–Crippen MR) is 87.3 cm³/mol. The van der Waals surface area contributed by atoms with Gasteiger partial charge in [0.1, 0.15) is 0 Å². The summed E-state index contributed by atoms with van der Waals surface area (Å²) in [5.74, 6) is -0.256. The van der Waals surface area contributed by atoms with Crippen molar-refractivity contribution < 1.29 is 9.72 Å². The summed E-state index contributed by atoms with van der Waals surface area (Å²) >= 11 is 1.29. The summed E-state index contributed by atoms with van der Waals surface area (Å²) in [6.45, 7) is 0. The van der Waals surface area contributed by atoms with Crippen LogP contribution in [-0.4, -0.2) is 10.8 Å². The van der Waals surface area contributed by atoms with E-state index in [0.717, 1.165) is 4.70 Å². The van der Waals surface area contributed by atoms with Crippen LogP contribution >= 0.6 is 11.3 Å². The highest BCUT2D eigenvalue weighted by Crippen LogP contribution is 2.29. The van der Waals surface area contributed by atoms with Gasteiger partial charge in [0.25, 0.3) is 11.6 Å². The van der Waals surface area contributed by atoms with Gasteiger partial charge in [-0.25, -0.2) is 0 Å². The van der Waals surface area contributed by atoms with E-state index >= 15 is 0 Å². The van der Waals surface area contributed by atoms with Crippen molar-refractivity contribution >= 4 is 44.4 Å².